The van der Waals surface area contributed by atoms with E-state index in [4.69, 9.17) is 13.9 Å². The van der Waals surface area contributed by atoms with E-state index in [0.717, 1.165) is 19.3 Å². The van der Waals surface area contributed by atoms with Gasteiger partial charge >= 0.3 is 5.97 Å². The molecule has 5 rings (SSSR count). The second kappa shape index (κ2) is 9.48. The number of para-hydroxylation sites is 1. The van der Waals surface area contributed by atoms with Gasteiger partial charge < -0.3 is 24.0 Å². The topological polar surface area (TPSA) is 115 Å². The number of H-pyrrole nitrogens is 1. The lowest BCUT2D eigenvalue weighted by atomic mass is 9.75. The maximum Gasteiger partial charge on any atom is 0.338 e. The molecule has 2 aliphatic rings. The summed E-state index contributed by atoms with van der Waals surface area (Å²) in [5, 5.41) is 9.49. The number of nitrogens with zero attached hydrogens (tertiary/aromatic N) is 1. The van der Waals surface area contributed by atoms with Crippen LogP contribution in [-0.2, 0) is 15.9 Å². The number of aromatic amines is 1. The number of nitrogens with one attached hydrogen (secondary N) is 1. The summed E-state index contributed by atoms with van der Waals surface area (Å²) in [4.78, 5) is 32.2. The number of hydrogen-bond acceptors (Lipinski definition) is 6. The van der Waals surface area contributed by atoms with E-state index in [-0.39, 0.29) is 47.2 Å². The van der Waals surface area contributed by atoms with E-state index in [1.807, 2.05) is 13.0 Å². The van der Waals surface area contributed by atoms with Gasteiger partial charge in [-0.3, -0.25) is 4.79 Å². The average Bonchev–Trinajstić information content (AvgIpc) is 3.52. The zero-order chi connectivity index (χ0) is 25.6. The maximum absolute atomic E-state index is 13.1. The van der Waals surface area contributed by atoms with Crippen molar-refractivity contribution in [3.63, 3.8) is 0 Å². The average molecular weight is 495 g/mol. The molecule has 7 atom stereocenters. The fourth-order valence-corrected chi connectivity index (χ4v) is 5.97. The van der Waals surface area contributed by atoms with Crippen molar-refractivity contribution in [1.29, 1.82) is 0 Å². The van der Waals surface area contributed by atoms with Crippen molar-refractivity contribution < 1.29 is 28.6 Å². The second-order valence-corrected chi connectivity index (χ2v) is 10.7. The highest BCUT2D eigenvalue weighted by atomic mass is 16.7. The number of carboxylic acids is 1. The van der Waals surface area contributed by atoms with Crippen molar-refractivity contribution in [2.75, 3.05) is 0 Å². The SMILES string of the molecule is C[C@@H]1C[C@@H](C)[C@@]2(CC[C@@H](C)[C@@H](Cc3nc4c(C(=O)O)cccc4o3)O2)O[C@@H]1[C@H](C)C(=O)c1ccc[nH]1. The van der Waals surface area contributed by atoms with E-state index in [1.54, 1.807) is 24.4 Å². The number of rotatable bonds is 6. The molecule has 8 nitrogen and oxygen atoms in total. The Bertz CT molecular complexity index is 1250. The molecule has 1 aromatic carbocycles. The molecule has 2 aromatic heterocycles. The molecule has 0 bridgehead atoms. The Kier molecular flexibility index (Phi) is 6.51. The summed E-state index contributed by atoms with van der Waals surface area (Å²) >= 11 is 0. The van der Waals surface area contributed by atoms with Gasteiger partial charge in [0.25, 0.3) is 0 Å². The van der Waals surface area contributed by atoms with Crippen LogP contribution in [0, 0.1) is 23.7 Å². The van der Waals surface area contributed by atoms with Crippen molar-refractivity contribution in [3.8, 4) is 0 Å². The number of benzene rings is 1. The normalized spacial score (nSPS) is 31.5. The standard InChI is InChI=1S/C28H34N2O6/c1-15-10-11-28(17(3)13-16(2)26(36-28)18(4)25(31)20-8-6-12-29-20)35-22(15)14-23-30-24-19(27(32)33)7-5-9-21(24)34-23/h5-9,12,15-18,22,26,29H,10-11,13-14H2,1-4H3,(H,32,33)/t15-,16-,17-,18-,22-,26+,28-/m1/s1. The molecule has 1 spiro atoms. The van der Waals surface area contributed by atoms with Gasteiger partial charge in [0.1, 0.15) is 5.52 Å². The molecule has 0 amide bonds. The van der Waals surface area contributed by atoms with Crippen LogP contribution in [0.2, 0.25) is 0 Å². The minimum Gasteiger partial charge on any atom is -0.478 e. The number of ketones is 1. The first-order chi connectivity index (χ1) is 17.2. The van der Waals surface area contributed by atoms with Crippen LogP contribution in [0.5, 0.6) is 0 Å². The van der Waals surface area contributed by atoms with Crippen LogP contribution in [0.3, 0.4) is 0 Å². The number of carbonyl (C=O) groups excluding carboxylic acids is 1. The van der Waals surface area contributed by atoms with Crippen molar-refractivity contribution in [3.05, 3.63) is 53.7 Å². The van der Waals surface area contributed by atoms with E-state index in [1.165, 1.54) is 6.07 Å². The van der Waals surface area contributed by atoms with Gasteiger partial charge in [-0.05, 0) is 48.9 Å². The van der Waals surface area contributed by atoms with Crippen LogP contribution in [0.1, 0.15) is 73.7 Å². The van der Waals surface area contributed by atoms with E-state index >= 15 is 0 Å². The predicted molar refractivity (Wildman–Crippen MR) is 133 cm³/mol. The maximum atomic E-state index is 13.1. The molecular weight excluding hydrogens is 460 g/mol. The molecule has 36 heavy (non-hydrogen) atoms. The molecule has 0 radical (unpaired) electrons. The fourth-order valence-electron chi connectivity index (χ4n) is 5.97. The Morgan fingerprint density at radius 1 is 1.17 bits per heavy atom. The predicted octanol–water partition coefficient (Wildman–Crippen LogP) is 5.49. The van der Waals surface area contributed by atoms with E-state index < -0.39 is 11.8 Å². The van der Waals surface area contributed by atoms with Gasteiger partial charge in [-0.15, -0.1) is 0 Å². The lowest BCUT2D eigenvalue weighted by Crippen LogP contribution is -2.58. The molecular formula is C28H34N2O6. The smallest absolute Gasteiger partial charge is 0.338 e. The van der Waals surface area contributed by atoms with Gasteiger partial charge in [0, 0.05) is 24.5 Å². The number of oxazole rings is 1. The van der Waals surface area contributed by atoms with Crippen molar-refractivity contribution in [1.82, 2.24) is 9.97 Å². The highest BCUT2D eigenvalue weighted by Gasteiger charge is 2.52. The van der Waals surface area contributed by atoms with Crippen LogP contribution in [-0.4, -0.2) is 44.8 Å². The summed E-state index contributed by atoms with van der Waals surface area (Å²) in [5.74, 6) is -1.00. The Labute approximate surface area is 210 Å². The van der Waals surface area contributed by atoms with E-state index in [0.29, 0.717) is 29.1 Å². The van der Waals surface area contributed by atoms with Gasteiger partial charge in [-0.25, -0.2) is 9.78 Å². The number of hydrogen-bond donors (Lipinski definition) is 2. The summed E-state index contributed by atoms with van der Waals surface area (Å²) in [6, 6.07) is 8.54. The summed E-state index contributed by atoms with van der Waals surface area (Å²) in [6.45, 7) is 8.40. The molecule has 192 valence electrons. The Hall–Kier alpha value is -2.97. The number of Topliss-reactive ketones (excluding diaryl/α,β-unsaturated/α-hetero) is 1. The van der Waals surface area contributed by atoms with Gasteiger partial charge in [-0.2, -0.15) is 0 Å². The van der Waals surface area contributed by atoms with Crippen molar-refractivity contribution in [2.45, 2.75) is 71.4 Å². The second-order valence-electron chi connectivity index (χ2n) is 10.7. The fraction of sp³-hybridized carbons (Fsp3) is 0.536. The van der Waals surface area contributed by atoms with E-state index in [9.17, 15) is 14.7 Å². The molecule has 0 aliphatic carbocycles. The Balaban J connectivity index is 1.37. The van der Waals surface area contributed by atoms with Crippen molar-refractivity contribution in [2.24, 2.45) is 23.7 Å². The molecule has 2 fully saturated rings. The molecule has 2 N–H and O–H groups in total. The van der Waals surface area contributed by atoms with Crippen LogP contribution in [0.25, 0.3) is 11.1 Å². The molecule has 4 heterocycles. The number of aromatic carboxylic acids is 1. The molecule has 2 saturated heterocycles. The van der Waals surface area contributed by atoms with Crippen LogP contribution >= 0.6 is 0 Å². The zero-order valence-electron chi connectivity index (χ0n) is 21.2. The quantitative estimate of drug-likeness (QED) is 0.436. The number of carboxylic acid groups (broad SMARTS) is 1. The summed E-state index contributed by atoms with van der Waals surface area (Å²) < 4.78 is 19.4. The first kappa shape index (κ1) is 24.7. The van der Waals surface area contributed by atoms with Crippen LogP contribution in [0.4, 0.5) is 0 Å². The van der Waals surface area contributed by atoms with E-state index in [2.05, 4.69) is 30.7 Å². The van der Waals surface area contributed by atoms with Crippen molar-refractivity contribution >= 4 is 22.9 Å². The Morgan fingerprint density at radius 3 is 2.69 bits per heavy atom. The first-order valence-corrected chi connectivity index (χ1v) is 12.8. The molecule has 0 unspecified atom stereocenters. The minimum atomic E-state index is -1.03. The molecule has 2 aliphatic heterocycles. The summed E-state index contributed by atoms with van der Waals surface area (Å²) in [7, 11) is 0. The van der Waals surface area contributed by atoms with Gasteiger partial charge in [0.05, 0.1) is 29.9 Å². The minimum absolute atomic E-state index is 0.0444. The molecule has 3 aromatic rings. The van der Waals surface area contributed by atoms with Gasteiger partial charge in [-0.1, -0.05) is 33.8 Å². The monoisotopic (exact) mass is 494 g/mol. The molecule has 0 saturated carbocycles. The number of ether oxygens (including phenoxy) is 2. The lowest BCUT2D eigenvalue weighted by Gasteiger charge is -2.53. The van der Waals surface area contributed by atoms with Crippen LogP contribution in [0.15, 0.2) is 40.9 Å². The number of aromatic nitrogens is 2. The first-order valence-electron chi connectivity index (χ1n) is 12.8. The van der Waals surface area contributed by atoms with Gasteiger partial charge in [0.15, 0.2) is 23.0 Å². The zero-order valence-corrected chi connectivity index (χ0v) is 21.2. The number of carbonyl (C=O) groups is 2. The third-order valence-corrected chi connectivity index (χ3v) is 8.15. The highest BCUT2D eigenvalue weighted by molar-refractivity contribution is 6.00. The summed E-state index contributed by atoms with van der Waals surface area (Å²) in [6.07, 6.45) is 4.30. The molecule has 8 heteroatoms. The largest absolute Gasteiger partial charge is 0.478 e. The third-order valence-electron chi connectivity index (χ3n) is 8.15. The van der Waals surface area contributed by atoms with Crippen LogP contribution < -0.4 is 0 Å². The van der Waals surface area contributed by atoms with Gasteiger partial charge in [0.2, 0.25) is 0 Å². The number of fused-ring (bicyclic) bond motifs is 1. The summed E-state index contributed by atoms with van der Waals surface area (Å²) in [5.41, 5.74) is 1.53. The lowest BCUT2D eigenvalue weighted by molar-refractivity contribution is -0.355. The Morgan fingerprint density at radius 2 is 1.97 bits per heavy atom. The highest BCUT2D eigenvalue weighted by Crippen LogP contribution is 2.48. The third kappa shape index (κ3) is 4.37.